The summed E-state index contributed by atoms with van der Waals surface area (Å²) >= 11 is 3.55. The summed E-state index contributed by atoms with van der Waals surface area (Å²) in [6.45, 7) is 11.6. The maximum atomic E-state index is 10.0. The molecule has 1 N–H and O–H groups in total. The fourth-order valence-electron chi connectivity index (χ4n) is 1.82. The van der Waals surface area contributed by atoms with Crippen LogP contribution >= 0.6 is 15.9 Å². The highest BCUT2D eigenvalue weighted by Gasteiger charge is 2.21. The lowest BCUT2D eigenvalue weighted by Crippen LogP contribution is -2.44. The highest BCUT2D eigenvalue weighted by atomic mass is 79.9. The van der Waals surface area contributed by atoms with E-state index in [4.69, 9.17) is 0 Å². The molecule has 0 aliphatic rings. The summed E-state index contributed by atoms with van der Waals surface area (Å²) < 4.78 is 0. The van der Waals surface area contributed by atoms with Crippen LogP contribution in [0.3, 0.4) is 0 Å². The summed E-state index contributed by atoms with van der Waals surface area (Å²) in [7, 11) is 0. The van der Waals surface area contributed by atoms with Crippen molar-refractivity contribution in [1.82, 2.24) is 4.90 Å². The van der Waals surface area contributed by atoms with Crippen LogP contribution in [0, 0.1) is 0 Å². The molecule has 0 amide bonds. The van der Waals surface area contributed by atoms with Crippen LogP contribution in [0.1, 0.15) is 47.5 Å². The van der Waals surface area contributed by atoms with Crippen LogP contribution in [0.15, 0.2) is 0 Å². The van der Waals surface area contributed by atoms with E-state index in [2.05, 4.69) is 55.4 Å². The lowest BCUT2D eigenvalue weighted by molar-refractivity contribution is 0.0740. The van der Waals surface area contributed by atoms with Gasteiger partial charge in [0.15, 0.2) is 0 Å². The van der Waals surface area contributed by atoms with E-state index in [-0.39, 0.29) is 10.9 Å². The lowest BCUT2D eigenvalue weighted by Gasteiger charge is -2.33. The van der Waals surface area contributed by atoms with Crippen LogP contribution in [0.2, 0.25) is 0 Å². The molecule has 0 spiro atoms. The number of aliphatic hydroxyl groups excluding tert-OH is 1. The zero-order valence-electron chi connectivity index (χ0n) is 10.7. The Balaban J connectivity index is 4.16. The van der Waals surface area contributed by atoms with Gasteiger partial charge < -0.3 is 5.11 Å². The molecule has 0 aromatic carbocycles. The molecule has 0 heterocycles. The number of halogens is 1. The average Bonchev–Trinajstić information content (AvgIpc) is 2.12. The minimum Gasteiger partial charge on any atom is -0.391 e. The van der Waals surface area contributed by atoms with Gasteiger partial charge in [-0.25, -0.2) is 0 Å². The van der Waals surface area contributed by atoms with Gasteiger partial charge in [-0.05, 0) is 34.1 Å². The maximum Gasteiger partial charge on any atom is 0.0792 e. The largest absolute Gasteiger partial charge is 0.391 e. The molecular formula is C12H26BrNO. The van der Waals surface area contributed by atoms with E-state index in [1.165, 1.54) is 0 Å². The van der Waals surface area contributed by atoms with E-state index >= 15 is 0 Å². The molecule has 0 unspecified atom stereocenters. The molecule has 0 fully saturated rings. The summed E-state index contributed by atoms with van der Waals surface area (Å²) in [5, 5.41) is 10.0. The van der Waals surface area contributed by atoms with Gasteiger partial charge in [0, 0.05) is 23.5 Å². The second kappa shape index (κ2) is 7.64. The molecule has 3 heteroatoms. The van der Waals surface area contributed by atoms with Gasteiger partial charge >= 0.3 is 0 Å². The zero-order chi connectivity index (χ0) is 12.0. The van der Waals surface area contributed by atoms with Crippen LogP contribution in [-0.4, -0.2) is 39.6 Å². The number of rotatable bonds is 7. The maximum absolute atomic E-state index is 10.0. The predicted octanol–water partition coefficient (Wildman–Crippen LogP) is 3.03. The van der Waals surface area contributed by atoms with Crippen LogP contribution in [0.25, 0.3) is 0 Å². The fraction of sp³-hybridized carbons (Fsp3) is 1.00. The monoisotopic (exact) mass is 279 g/mol. The average molecular weight is 280 g/mol. The molecule has 0 rings (SSSR count). The van der Waals surface area contributed by atoms with E-state index in [9.17, 15) is 5.11 Å². The quantitative estimate of drug-likeness (QED) is 0.725. The van der Waals surface area contributed by atoms with Crippen molar-refractivity contribution in [1.29, 1.82) is 0 Å². The standard InChI is InChI=1S/C12H26BrNO/c1-6-7-11(13)12(15)8-14(9(2)3)10(4)5/h9-12,15H,6-8H2,1-5H3/t11-,12+/m1/s1. The second-order valence-corrected chi connectivity index (χ2v) is 5.93. The number of hydrogen-bond donors (Lipinski definition) is 1. The van der Waals surface area contributed by atoms with Crippen molar-refractivity contribution in [2.24, 2.45) is 0 Å². The summed E-state index contributed by atoms with van der Waals surface area (Å²) in [5.41, 5.74) is 0. The van der Waals surface area contributed by atoms with Gasteiger partial charge in [0.25, 0.3) is 0 Å². The van der Waals surface area contributed by atoms with Crippen molar-refractivity contribution < 1.29 is 5.11 Å². The van der Waals surface area contributed by atoms with E-state index in [0.717, 1.165) is 19.4 Å². The lowest BCUT2D eigenvalue weighted by atomic mass is 10.1. The molecule has 0 bridgehead atoms. The van der Waals surface area contributed by atoms with Crippen LogP contribution in [-0.2, 0) is 0 Å². The Hall–Kier alpha value is 0.400. The molecule has 2 nitrogen and oxygen atoms in total. The first-order valence-electron chi connectivity index (χ1n) is 5.98. The van der Waals surface area contributed by atoms with E-state index in [1.54, 1.807) is 0 Å². The van der Waals surface area contributed by atoms with Gasteiger partial charge in [-0.3, -0.25) is 4.90 Å². The third kappa shape index (κ3) is 5.88. The van der Waals surface area contributed by atoms with Crippen LogP contribution in [0.5, 0.6) is 0 Å². The molecule has 92 valence electrons. The van der Waals surface area contributed by atoms with Crippen molar-refractivity contribution in [2.45, 2.75) is 70.5 Å². The molecule has 0 radical (unpaired) electrons. The highest BCUT2D eigenvalue weighted by molar-refractivity contribution is 9.09. The number of alkyl halides is 1. The number of nitrogens with zero attached hydrogens (tertiary/aromatic N) is 1. The Morgan fingerprint density at radius 2 is 1.60 bits per heavy atom. The number of aliphatic hydroxyl groups is 1. The third-order valence-electron chi connectivity index (χ3n) is 2.71. The molecule has 0 aliphatic carbocycles. The first-order chi connectivity index (χ1) is 6.90. The third-order valence-corrected chi connectivity index (χ3v) is 3.77. The molecule has 0 aromatic rings. The Morgan fingerprint density at radius 1 is 1.13 bits per heavy atom. The van der Waals surface area contributed by atoms with Crippen molar-refractivity contribution in [2.75, 3.05) is 6.54 Å². The van der Waals surface area contributed by atoms with Gasteiger partial charge in [0.05, 0.1) is 6.10 Å². The SMILES string of the molecule is CCC[C@@H](Br)[C@@H](O)CN(C(C)C)C(C)C. The first-order valence-corrected chi connectivity index (χ1v) is 6.89. The fourth-order valence-corrected chi connectivity index (χ4v) is 2.44. The van der Waals surface area contributed by atoms with Crippen LogP contribution in [0.4, 0.5) is 0 Å². The zero-order valence-corrected chi connectivity index (χ0v) is 12.3. The van der Waals surface area contributed by atoms with Crippen molar-refractivity contribution in [3.63, 3.8) is 0 Å². The molecule has 0 saturated carbocycles. The topological polar surface area (TPSA) is 23.5 Å². The normalized spacial score (nSPS) is 16.4. The highest BCUT2D eigenvalue weighted by Crippen LogP contribution is 2.16. The Kier molecular flexibility index (Phi) is 7.84. The molecular weight excluding hydrogens is 254 g/mol. The summed E-state index contributed by atoms with van der Waals surface area (Å²) in [6.07, 6.45) is 1.87. The summed E-state index contributed by atoms with van der Waals surface area (Å²) in [5.74, 6) is 0. The Labute approximate surface area is 103 Å². The predicted molar refractivity (Wildman–Crippen MR) is 70.6 cm³/mol. The molecule has 0 saturated heterocycles. The van der Waals surface area contributed by atoms with E-state index < -0.39 is 0 Å². The van der Waals surface area contributed by atoms with E-state index in [1.807, 2.05) is 0 Å². The summed E-state index contributed by atoms with van der Waals surface area (Å²) in [6, 6.07) is 0.974. The van der Waals surface area contributed by atoms with Gasteiger partial charge in [-0.15, -0.1) is 0 Å². The van der Waals surface area contributed by atoms with Crippen molar-refractivity contribution in [3.05, 3.63) is 0 Å². The van der Waals surface area contributed by atoms with Gasteiger partial charge in [-0.1, -0.05) is 29.3 Å². The first kappa shape index (κ1) is 15.4. The Bertz CT molecular complexity index is 154. The molecule has 15 heavy (non-hydrogen) atoms. The van der Waals surface area contributed by atoms with Crippen molar-refractivity contribution in [3.8, 4) is 0 Å². The smallest absolute Gasteiger partial charge is 0.0792 e. The molecule has 0 aromatic heterocycles. The minimum atomic E-state index is -0.269. The second-order valence-electron chi connectivity index (χ2n) is 4.76. The molecule has 0 aliphatic heterocycles. The summed E-state index contributed by atoms with van der Waals surface area (Å²) in [4.78, 5) is 2.55. The Morgan fingerprint density at radius 3 is 1.93 bits per heavy atom. The van der Waals surface area contributed by atoms with Gasteiger partial charge in [0.2, 0.25) is 0 Å². The van der Waals surface area contributed by atoms with Crippen molar-refractivity contribution >= 4 is 15.9 Å². The van der Waals surface area contributed by atoms with Gasteiger partial charge in [0.1, 0.15) is 0 Å². The van der Waals surface area contributed by atoms with Gasteiger partial charge in [-0.2, -0.15) is 0 Å². The minimum absolute atomic E-state index is 0.225. The number of hydrogen-bond acceptors (Lipinski definition) is 2. The van der Waals surface area contributed by atoms with E-state index in [0.29, 0.717) is 12.1 Å². The molecule has 2 atom stereocenters. The van der Waals surface area contributed by atoms with Crippen LogP contribution < -0.4 is 0 Å².